The van der Waals surface area contributed by atoms with E-state index in [1.165, 1.54) is 0 Å². The van der Waals surface area contributed by atoms with Crippen molar-refractivity contribution in [2.24, 2.45) is 4.15 Å². The Labute approximate surface area is 90.3 Å². The molecule has 0 bridgehead atoms. The highest BCUT2D eigenvalue weighted by atomic mass is 32.3. The van der Waals surface area contributed by atoms with E-state index in [4.69, 9.17) is 0 Å². The molecule has 13 heteroatoms. The fraction of sp³-hybridized carbons (Fsp3) is 0.333. The van der Waals surface area contributed by atoms with Crippen LogP contribution >= 0.6 is 7.74 Å². The Balaban J connectivity index is 5.36. The summed E-state index contributed by atoms with van der Waals surface area (Å²) in [5, 5.41) is 0. The molecule has 0 saturated heterocycles. The first kappa shape index (κ1) is 15.6. The summed E-state index contributed by atoms with van der Waals surface area (Å²) < 4.78 is 83.7. The number of nitrogens with one attached hydrogen (secondary N) is 1. The minimum absolute atomic E-state index is 0.518. The van der Waals surface area contributed by atoms with Crippen LogP contribution in [0.5, 0.6) is 0 Å². The quantitative estimate of drug-likeness (QED) is 0.450. The Morgan fingerprint density at radius 1 is 1.38 bits per heavy atom. The minimum atomic E-state index is -5.74. The van der Waals surface area contributed by atoms with E-state index >= 15 is 0 Å². The van der Waals surface area contributed by atoms with Crippen LogP contribution in [0.3, 0.4) is 0 Å². The van der Waals surface area contributed by atoms with Crippen LogP contribution in [0.4, 0.5) is 12.0 Å². The van der Waals surface area contributed by atoms with E-state index in [9.17, 15) is 28.8 Å². The molecule has 0 radical (unpaired) electrons. The van der Waals surface area contributed by atoms with Crippen LogP contribution in [-0.4, -0.2) is 23.4 Å². The van der Waals surface area contributed by atoms with Gasteiger partial charge in [0.1, 0.15) is 0 Å². The van der Waals surface area contributed by atoms with Gasteiger partial charge in [-0.2, -0.15) is 21.0 Å². The van der Waals surface area contributed by atoms with Crippen molar-refractivity contribution >= 4 is 28.6 Å². The maximum absolute atomic E-state index is 13.3. The van der Waals surface area contributed by atoms with Crippen molar-refractivity contribution in [3.05, 3.63) is 12.7 Å². The number of nitrogens with zero attached hydrogens (tertiary/aromatic N) is 1. The first-order valence-corrected chi connectivity index (χ1v) is 7.52. The van der Waals surface area contributed by atoms with Crippen LogP contribution in [-0.2, 0) is 25.3 Å². The van der Waals surface area contributed by atoms with E-state index < -0.39 is 35.2 Å². The number of hydrogen-bond donors (Lipinski definition) is 1. The molecule has 0 aromatic carbocycles. The van der Waals surface area contributed by atoms with Crippen molar-refractivity contribution in [1.29, 1.82) is 0 Å². The maximum atomic E-state index is 13.3. The fourth-order valence-electron chi connectivity index (χ4n) is 0.478. The molecule has 0 heterocycles. The lowest BCUT2D eigenvalue weighted by molar-refractivity contribution is 0.365. The Morgan fingerprint density at radius 3 is 2.19 bits per heavy atom. The monoisotopic (exact) mass is 302 g/mol. The number of rotatable bonds is 6. The molecule has 0 aliphatic carbocycles. The van der Waals surface area contributed by atoms with Gasteiger partial charge in [0.15, 0.2) is 0 Å². The van der Waals surface area contributed by atoms with E-state index in [1.54, 1.807) is 0 Å². The zero-order valence-electron chi connectivity index (χ0n) is 7.38. The molecule has 0 aromatic rings. The lowest BCUT2D eigenvalue weighted by atomic mass is 10.7. The van der Waals surface area contributed by atoms with Crippen molar-refractivity contribution < 1.29 is 33.3 Å². The van der Waals surface area contributed by atoms with Crippen molar-refractivity contribution in [1.82, 2.24) is 4.49 Å². The Bertz CT molecular complexity index is 513. The second-order valence-electron chi connectivity index (χ2n) is 2.11. The molecule has 0 spiro atoms. The van der Waals surface area contributed by atoms with E-state index in [1.807, 2.05) is 4.15 Å². The van der Waals surface area contributed by atoms with Crippen LogP contribution in [0.1, 0.15) is 0 Å². The van der Waals surface area contributed by atoms with Crippen LogP contribution < -0.4 is 4.49 Å². The summed E-state index contributed by atoms with van der Waals surface area (Å²) in [6.07, 6.45) is 0.890. The Morgan fingerprint density at radius 2 is 1.88 bits per heavy atom. The van der Waals surface area contributed by atoms with Crippen molar-refractivity contribution in [3.8, 4) is 0 Å². The molecule has 1 unspecified atom stereocenters. The molecule has 16 heavy (non-hydrogen) atoms. The van der Waals surface area contributed by atoms with Crippen molar-refractivity contribution in [2.45, 2.75) is 0 Å². The summed E-state index contributed by atoms with van der Waals surface area (Å²) in [7, 11) is -16.7. The molecule has 0 saturated carbocycles. The lowest BCUT2D eigenvalue weighted by Crippen LogP contribution is -2.16. The van der Waals surface area contributed by atoms with Crippen LogP contribution in [0.15, 0.2) is 16.8 Å². The predicted octanol–water partition coefficient (Wildman–Crippen LogP) is 1.12. The van der Waals surface area contributed by atoms with Gasteiger partial charge in [0, 0.05) is 0 Å². The van der Waals surface area contributed by atoms with E-state index in [0.717, 1.165) is 6.08 Å². The van der Waals surface area contributed by atoms with Crippen LogP contribution in [0.25, 0.3) is 0 Å². The topological polar surface area (TPSA) is 102 Å². The molecule has 0 rings (SSSR count). The summed E-state index contributed by atoms with van der Waals surface area (Å²) in [6, 6.07) is 0. The average molecular weight is 302 g/mol. The lowest BCUT2D eigenvalue weighted by Gasteiger charge is -2.11. The van der Waals surface area contributed by atoms with Crippen LogP contribution in [0, 0.1) is 0 Å². The molecule has 1 N–H and O–H groups in total. The molecule has 0 fully saturated rings. The van der Waals surface area contributed by atoms with Gasteiger partial charge in [-0.3, -0.25) is 0 Å². The van der Waals surface area contributed by atoms with Gasteiger partial charge in [0.2, 0.25) is 0 Å². The summed E-state index contributed by atoms with van der Waals surface area (Å²) in [5.74, 6) is 0. The second kappa shape index (κ2) is 5.27. The predicted molar refractivity (Wildman–Crippen MR) is 49.8 cm³/mol. The molecular formula is C3H6F3N2O5PS2. The second-order valence-corrected chi connectivity index (χ2v) is 6.46. The van der Waals surface area contributed by atoms with Crippen molar-refractivity contribution in [3.63, 3.8) is 0 Å². The third kappa shape index (κ3) is 7.82. The van der Waals surface area contributed by atoms with Gasteiger partial charge in [-0.05, 0) is 0 Å². The van der Waals surface area contributed by atoms with E-state index in [-0.39, 0.29) is 0 Å². The van der Waals surface area contributed by atoms with Gasteiger partial charge < -0.3 is 4.52 Å². The minimum Gasteiger partial charge on any atom is -0.303 e. The molecule has 7 nitrogen and oxygen atoms in total. The summed E-state index contributed by atoms with van der Waals surface area (Å²) in [4.78, 5) is 0. The standard InChI is InChI=1S/C3H6F3N2O5PS2/c1-2-3-13-14(4,7-15(5,9)10)8-16(6,11)12/h2,7H,1,3H2. The summed E-state index contributed by atoms with van der Waals surface area (Å²) in [6.45, 7) is 2.32. The van der Waals surface area contributed by atoms with Gasteiger partial charge in [-0.15, -0.1) is 11.1 Å². The largest absolute Gasteiger partial charge is 0.422 e. The number of halogens is 3. The Hall–Kier alpha value is -0.420. The zero-order valence-corrected chi connectivity index (χ0v) is 9.91. The molecule has 0 aromatic heterocycles. The van der Waals surface area contributed by atoms with E-state index in [0.29, 0.717) is 4.49 Å². The smallest absolute Gasteiger partial charge is 0.303 e. The summed E-state index contributed by atoms with van der Waals surface area (Å²) in [5.41, 5.74) is 0. The molecule has 1 atom stereocenters. The number of hydrogen-bond acceptors (Lipinski definition) is 5. The molecule has 96 valence electrons. The van der Waals surface area contributed by atoms with Gasteiger partial charge >= 0.3 is 28.6 Å². The first-order valence-electron chi connectivity index (χ1n) is 3.24. The van der Waals surface area contributed by atoms with Gasteiger partial charge in [0.25, 0.3) is 0 Å². The zero-order chi connectivity index (χ0) is 13.0. The van der Waals surface area contributed by atoms with Crippen molar-refractivity contribution in [2.75, 3.05) is 6.61 Å². The third-order valence-corrected chi connectivity index (χ3v) is 4.67. The highest BCUT2D eigenvalue weighted by Crippen LogP contribution is 2.50. The molecule has 0 aliphatic rings. The highest BCUT2D eigenvalue weighted by Gasteiger charge is 2.30. The summed E-state index contributed by atoms with van der Waals surface area (Å²) >= 11 is 0. The highest BCUT2D eigenvalue weighted by molar-refractivity contribution is 7.94. The van der Waals surface area contributed by atoms with Gasteiger partial charge in [-0.25, -0.2) is 0 Å². The van der Waals surface area contributed by atoms with E-state index in [2.05, 4.69) is 11.1 Å². The van der Waals surface area contributed by atoms with Crippen LogP contribution in [0.2, 0.25) is 0 Å². The average Bonchev–Trinajstić information content (AvgIpc) is 1.93. The third-order valence-electron chi connectivity index (χ3n) is 0.788. The van der Waals surface area contributed by atoms with Gasteiger partial charge in [0.05, 0.1) is 6.61 Å². The molecular weight excluding hydrogens is 296 g/mol. The molecule has 0 aliphatic heterocycles. The first-order chi connectivity index (χ1) is 6.97. The van der Waals surface area contributed by atoms with Gasteiger partial charge in [-0.1, -0.05) is 18.0 Å². The fourth-order valence-corrected chi connectivity index (χ4v) is 3.69. The SMILES string of the molecule is C=CCOP(F)(=NS(=O)(=O)F)NS(=O)(=O)F. The Kier molecular flexibility index (Phi) is 5.14. The normalized spacial score (nSPS) is 16.4. The molecule has 0 amide bonds. The maximum Gasteiger partial charge on any atom is 0.422 e.